The quantitative estimate of drug-likeness (QED) is 0.454. The Hall–Kier alpha value is 0.110. The molecule has 0 aromatic rings. The highest BCUT2D eigenvalue weighted by Crippen LogP contribution is 1.65. The van der Waals surface area contributed by atoms with E-state index in [1.165, 1.54) is 13.4 Å². The van der Waals surface area contributed by atoms with Gasteiger partial charge in [0.1, 0.15) is 0 Å². The normalized spacial score (nSPS) is 14.8. The fourth-order valence-electron chi connectivity index (χ4n) is 0. The molecule has 5 heavy (non-hydrogen) atoms. The number of hydrogen-bond donors (Lipinski definition) is 0. The Morgan fingerprint density at radius 3 is 2.00 bits per heavy atom. The molecule has 0 fully saturated rings. The van der Waals surface area contributed by atoms with Gasteiger partial charge in [0.15, 0.2) is 11.1 Å². The molecule has 0 aromatic heterocycles. The fraction of sp³-hybridized carbons (Fsp3) is 1.00. The van der Waals surface area contributed by atoms with Crippen molar-refractivity contribution in [1.29, 1.82) is 0 Å². The zero-order valence-corrected chi connectivity index (χ0v) is 4.04. The molecule has 32 valence electrons. The third kappa shape index (κ3) is 4.11. The minimum Gasteiger partial charge on any atom is -0.294 e. The van der Waals surface area contributed by atoms with Crippen LogP contribution >= 0.6 is 0 Å². The van der Waals surface area contributed by atoms with Gasteiger partial charge < -0.3 is 0 Å². The molecule has 0 rings (SSSR count). The smallest absolute Gasteiger partial charge is 0.151 e. The first-order valence-electron chi connectivity index (χ1n) is 1.15. The molecule has 0 spiro atoms. The second-order valence-electron chi connectivity index (χ2n) is 0.568. The standard InChI is InChI=1S/C2H6O2S/c1-4-5(2)3/h1-2H3/t5-/m1/s1. The summed E-state index contributed by atoms with van der Waals surface area (Å²) in [4.78, 5) is 0. The molecule has 3 heteroatoms. The average Bonchev–Trinajstić information content (AvgIpc) is 1.38. The highest BCUT2D eigenvalue weighted by Gasteiger charge is 1.72. The van der Waals surface area contributed by atoms with E-state index < -0.39 is 11.1 Å². The van der Waals surface area contributed by atoms with Crippen LogP contribution in [0, 0.1) is 0 Å². The van der Waals surface area contributed by atoms with Crippen molar-refractivity contribution in [2.75, 3.05) is 13.4 Å². The predicted molar refractivity (Wildman–Crippen MR) is 21.1 cm³/mol. The summed E-state index contributed by atoms with van der Waals surface area (Å²) in [6, 6.07) is 0. The van der Waals surface area contributed by atoms with Crippen molar-refractivity contribution in [1.82, 2.24) is 0 Å². The van der Waals surface area contributed by atoms with Gasteiger partial charge >= 0.3 is 0 Å². The maximum atomic E-state index is 9.70. The van der Waals surface area contributed by atoms with Gasteiger partial charge in [-0.3, -0.25) is 4.18 Å². The van der Waals surface area contributed by atoms with E-state index in [4.69, 9.17) is 0 Å². The van der Waals surface area contributed by atoms with Gasteiger partial charge in [0.25, 0.3) is 0 Å². The molecule has 1 atom stereocenters. The van der Waals surface area contributed by atoms with E-state index in [-0.39, 0.29) is 0 Å². The SMILES string of the molecule is CO[S@](C)=O. The summed E-state index contributed by atoms with van der Waals surface area (Å²) >= 11 is -1.07. The third-order valence-corrected chi connectivity index (χ3v) is 0.704. The first-order chi connectivity index (χ1) is 2.27. The molecule has 0 aromatic carbocycles. The summed E-state index contributed by atoms with van der Waals surface area (Å²) < 4.78 is 13.9. The highest BCUT2D eigenvalue weighted by molar-refractivity contribution is 7.79. The summed E-state index contributed by atoms with van der Waals surface area (Å²) in [7, 11) is 1.40. The van der Waals surface area contributed by atoms with Gasteiger partial charge in [-0.2, -0.15) is 0 Å². The zero-order chi connectivity index (χ0) is 4.28. The maximum Gasteiger partial charge on any atom is 0.151 e. The largest absolute Gasteiger partial charge is 0.294 e. The lowest BCUT2D eigenvalue weighted by Crippen LogP contribution is -1.83. The van der Waals surface area contributed by atoms with Gasteiger partial charge in [0.05, 0.1) is 7.11 Å². The van der Waals surface area contributed by atoms with Gasteiger partial charge in [-0.25, -0.2) is 4.21 Å². The van der Waals surface area contributed by atoms with Gasteiger partial charge in [0, 0.05) is 6.26 Å². The average molecular weight is 94.1 g/mol. The lowest BCUT2D eigenvalue weighted by atomic mass is 11.8. The van der Waals surface area contributed by atoms with E-state index in [1.54, 1.807) is 0 Å². The van der Waals surface area contributed by atoms with E-state index in [1.807, 2.05) is 0 Å². The van der Waals surface area contributed by atoms with Gasteiger partial charge in [-0.1, -0.05) is 0 Å². The summed E-state index contributed by atoms with van der Waals surface area (Å²) in [6.45, 7) is 0. The highest BCUT2D eigenvalue weighted by atomic mass is 32.2. The molecule has 0 aliphatic rings. The Labute approximate surface area is 33.8 Å². The maximum absolute atomic E-state index is 9.70. The summed E-state index contributed by atoms with van der Waals surface area (Å²) in [5.41, 5.74) is 0. The Balaban J connectivity index is 2.85. The van der Waals surface area contributed by atoms with Crippen LogP contribution in [0.1, 0.15) is 0 Å². The Morgan fingerprint density at radius 1 is 1.80 bits per heavy atom. The second-order valence-corrected chi connectivity index (χ2v) is 1.70. The van der Waals surface area contributed by atoms with Crippen LogP contribution in [0.25, 0.3) is 0 Å². The molecular weight excluding hydrogens is 88.1 g/mol. The molecule has 0 unspecified atom stereocenters. The van der Waals surface area contributed by atoms with Crippen LogP contribution in [-0.2, 0) is 15.3 Å². The summed E-state index contributed by atoms with van der Waals surface area (Å²) in [5.74, 6) is 0. The zero-order valence-electron chi connectivity index (χ0n) is 3.22. The molecule has 0 aliphatic heterocycles. The van der Waals surface area contributed by atoms with Crippen molar-refractivity contribution >= 4 is 11.1 Å². The molecule has 0 amide bonds. The molecule has 0 bridgehead atoms. The van der Waals surface area contributed by atoms with Crippen LogP contribution in [0.15, 0.2) is 0 Å². The Bertz CT molecular complexity index is 42.9. The van der Waals surface area contributed by atoms with Crippen LogP contribution in [0.4, 0.5) is 0 Å². The lowest BCUT2D eigenvalue weighted by molar-refractivity contribution is 0.450. The predicted octanol–water partition coefficient (Wildman–Crippen LogP) is -0.0737. The second kappa shape index (κ2) is 2.35. The Kier molecular flexibility index (Phi) is 2.41. The van der Waals surface area contributed by atoms with Crippen molar-refractivity contribution in [3.05, 3.63) is 0 Å². The van der Waals surface area contributed by atoms with E-state index in [9.17, 15) is 4.21 Å². The molecule has 0 radical (unpaired) electrons. The van der Waals surface area contributed by atoms with E-state index in [0.29, 0.717) is 0 Å². The van der Waals surface area contributed by atoms with Crippen molar-refractivity contribution < 1.29 is 8.39 Å². The van der Waals surface area contributed by atoms with Crippen LogP contribution in [0.3, 0.4) is 0 Å². The first-order valence-corrected chi connectivity index (χ1v) is 2.63. The Morgan fingerprint density at radius 2 is 2.00 bits per heavy atom. The first kappa shape index (κ1) is 5.11. The van der Waals surface area contributed by atoms with Crippen LogP contribution < -0.4 is 0 Å². The molecule has 0 saturated heterocycles. The third-order valence-electron chi connectivity index (χ3n) is 0.235. The monoisotopic (exact) mass is 94.0 g/mol. The van der Waals surface area contributed by atoms with E-state index in [2.05, 4.69) is 4.18 Å². The number of rotatable bonds is 1. The molecular formula is C2H6O2S. The number of hydrogen-bond acceptors (Lipinski definition) is 2. The van der Waals surface area contributed by atoms with Gasteiger partial charge in [-0.15, -0.1) is 0 Å². The van der Waals surface area contributed by atoms with Crippen molar-refractivity contribution in [2.45, 2.75) is 0 Å². The molecule has 0 N–H and O–H groups in total. The van der Waals surface area contributed by atoms with Crippen molar-refractivity contribution in [2.24, 2.45) is 0 Å². The minimum atomic E-state index is -1.07. The minimum absolute atomic E-state index is 1.07. The van der Waals surface area contributed by atoms with Crippen molar-refractivity contribution in [3.8, 4) is 0 Å². The summed E-state index contributed by atoms with van der Waals surface area (Å²) in [5, 5.41) is 0. The van der Waals surface area contributed by atoms with Crippen LogP contribution in [0.2, 0.25) is 0 Å². The van der Waals surface area contributed by atoms with Crippen LogP contribution in [0.5, 0.6) is 0 Å². The van der Waals surface area contributed by atoms with E-state index >= 15 is 0 Å². The lowest BCUT2D eigenvalue weighted by Gasteiger charge is -1.78. The molecule has 0 aliphatic carbocycles. The van der Waals surface area contributed by atoms with Crippen molar-refractivity contribution in [3.63, 3.8) is 0 Å². The molecule has 2 nitrogen and oxygen atoms in total. The fourth-order valence-corrected chi connectivity index (χ4v) is 0. The van der Waals surface area contributed by atoms with Crippen LogP contribution in [-0.4, -0.2) is 17.6 Å². The summed E-state index contributed by atoms with van der Waals surface area (Å²) in [6.07, 6.45) is 1.47. The van der Waals surface area contributed by atoms with E-state index in [0.717, 1.165) is 0 Å². The van der Waals surface area contributed by atoms with Gasteiger partial charge in [0.2, 0.25) is 0 Å². The molecule has 0 heterocycles. The topological polar surface area (TPSA) is 26.3 Å². The van der Waals surface area contributed by atoms with Gasteiger partial charge in [-0.05, 0) is 0 Å². The molecule has 0 saturated carbocycles.